The summed E-state index contributed by atoms with van der Waals surface area (Å²) >= 11 is 7.84. The van der Waals surface area contributed by atoms with Gasteiger partial charge in [0.25, 0.3) is 0 Å². The summed E-state index contributed by atoms with van der Waals surface area (Å²) < 4.78 is 5.82. The molecule has 2 heterocycles. The molecule has 6 heteroatoms. The summed E-state index contributed by atoms with van der Waals surface area (Å²) in [5.41, 5.74) is 0.822. The highest BCUT2D eigenvalue weighted by Gasteiger charge is 2.58. The van der Waals surface area contributed by atoms with E-state index in [9.17, 15) is 9.90 Å². The van der Waals surface area contributed by atoms with Crippen molar-refractivity contribution in [2.24, 2.45) is 5.41 Å². The fraction of sp³-hybridized carbons (Fsp3) is 0.706. The molecule has 0 amide bonds. The Bertz CT molecular complexity index is 584. The number of esters is 1. The lowest BCUT2D eigenvalue weighted by Gasteiger charge is -2.38. The number of hydrogen-bond donors (Lipinski definition) is 2. The summed E-state index contributed by atoms with van der Waals surface area (Å²) in [4.78, 5) is 13.5. The molecule has 1 aromatic rings. The van der Waals surface area contributed by atoms with E-state index in [1.54, 1.807) is 11.3 Å². The predicted molar refractivity (Wildman–Crippen MR) is 92.2 cm³/mol. The van der Waals surface area contributed by atoms with E-state index >= 15 is 0 Å². The zero-order valence-corrected chi connectivity index (χ0v) is 15.2. The number of carbonyl (C=O) groups excluding carboxylic acids is 1. The molecule has 1 saturated heterocycles. The first kappa shape index (κ1) is 17.2. The van der Waals surface area contributed by atoms with Crippen LogP contribution in [0.15, 0.2) is 6.07 Å². The summed E-state index contributed by atoms with van der Waals surface area (Å²) in [6, 6.07) is 2.49. The van der Waals surface area contributed by atoms with Gasteiger partial charge in [0, 0.05) is 23.6 Å². The molecule has 2 N–H and O–H groups in total. The smallest absolute Gasteiger partial charge is 0.313 e. The second-order valence-electron chi connectivity index (χ2n) is 6.85. The van der Waals surface area contributed by atoms with Gasteiger partial charge in [0.2, 0.25) is 0 Å². The van der Waals surface area contributed by atoms with E-state index in [1.807, 2.05) is 6.07 Å². The molecule has 2 fully saturated rings. The Labute approximate surface area is 146 Å². The van der Waals surface area contributed by atoms with Crippen LogP contribution in [0.4, 0.5) is 0 Å². The van der Waals surface area contributed by atoms with Crippen LogP contribution in [0.2, 0.25) is 4.34 Å². The Hall–Kier alpha value is -0.620. The van der Waals surface area contributed by atoms with Crippen LogP contribution in [0.25, 0.3) is 0 Å². The van der Waals surface area contributed by atoms with Crippen LogP contribution in [0, 0.1) is 5.41 Å². The highest BCUT2D eigenvalue weighted by atomic mass is 35.5. The van der Waals surface area contributed by atoms with Crippen molar-refractivity contribution in [3.8, 4) is 0 Å². The Morgan fingerprint density at radius 1 is 1.52 bits per heavy atom. The van der Waals surface area contributed by atoms with Crippen LogP contribution in [-0.4, -0.2) is 36.9 Å². The van der Waals surface area contributed by atoms with E-state index in [-0.39, 0.29) is 24.0 Å². The minimum absolute atomic E-state index is 0.0809. The lowest BCUT2D eigenvalue weighted by atomic mass is 9.79. The monoisotopic (exact) mass is 357 g/mol. The van der Waals surface area contributed by atoms with Crippen molar-refractivity contribution < 1.29 is 14.6 Å². The lowest BCUT2D eigenvalue weighted by Crippen LogP contribution is -2.50. The summed E-state index contributed by atoms with van der Waals surface area (Å²) in [5, 5.41) is 12.9. The number of rotatable bonds is 5. The van der Waals surface area contributed by atoms with Gasteiger partial charge in [-0.25, -0.2) is 0 Å². The summed E-state index contributed by atoms with van der Waals surface area (Å²) in [6.07, 6.45) is 4.42. The maximum absolute atomic E-state index is 12.2. The maximum Gasteiger partial charge on any atom is 0.313 e. The number of nitrogens with one attached hydrogen (secondary N) is 1. The van der Waals surface area contributed by atoms with Gasteiger partial charge in [0.15, 0.2) is 0 Å². The predicted octanol–water partition coefficient (Wildman–Crippen LogP) is 3.11. The molecule has 3 rings (SSSR count). The van der Waals surface area contributed by atoms with Gasteiger partial charge in [0.1, 0.15) is 0 Å². The Morgan fingerprint density at radius 2 is 2.26 bits per heavy atom. The molecular formula is C17H24ClNO3S. The SMILES string of the molecule is COC(=O)C1(C2CC(c3sc(Cl)cc3CCO)CC(C)N2)CC1. The third kappa shape index (κ3) is 3.29. The van der Waals surface area contributed by atoms with Crippen molar-refractivity contribution in [3.05, 3.63) is 20.8 Å². The number of carbonyl (C=O) groups is 1. The second kappa shape index (κ2) is 6.71. The summed E-state index contributed by atoms with van der Waals surface area (Å²) in [7, 11) is 1.48. The number of thiophene rings is 1. The molecular weight excluding hydrogens is 334 g/mol. The van der Waals surface area contributed by atoms with Crippen LogP contribution in [0.3, 0.4) is 0 Å². The van der Waals surface area contributed by atoms with Gasteiger partial charge in [0.05, 0.1) is 16.9 Å². The molecule has 0 aromatic carbocycles. The first-order valence-electron chi connectivity index (χ1n) is 8.23. The van der Waals surface area contributed by atoms with Gasteiger partial charge in [-0.15, -0.1) is 11.3 Å². The zero-order valence-electron chi connectivity index (χ0n) is 13.6. The Morgan fingerprint density at radius 3 is 2.87 bits per heavy atom. The fourth-order valence-corrected chi connectivity index (χ4v) is 5.43. The van der Waals surface area contributed by atoms with Gasteiger partial charge in [-0.1, -0.05) is 11.6 Å². The normalized spacial score (nSPS) is 29.3. The Balaban J connectivity index is 1.83. The number of piperidine rings is 1. The van der Waals surface area contributed by atoms with Crippen LogP contribution >= 0.6 is 22.9 Å². The van der Waals surface area contributed by atoms with E-state index in [0.717, 1.165) is 35.6 Å². The molecule has 4 nitrogen and oxygen atoms in total. The van der Waals surface area contributed by atoms with Crippen LogP contribution in [0.1, 0.15) is 49.0 Å². The third-order valence-electron chi connectivity index (χ3n) is 5.26. The van der Waals surface area contributed by atoms with E-state index < -0.39 is 0 Å². The quantitative estimate of drug-likeness (QED) is 0.795. The first-order chi connectivity index (χ1) is 11.0. The second-order valence-corrected chi connectivity index (χ2v) is 8.57. The molecule has 3 atom stereocenters. The molecule has 128 valence electrons. The number of hydrogen-bond acceptors (Lipinski definition) is 5. The minimum Gasteiger partial charge on any atom is -0.469 e. The van der Waals surface area contributed by atoms with Gasteiger partial charge in [-0.05, 0) is 56.6 Å². The van der Waals surface area contributed by atoms with Crippen molar-refractivity contribution in [3.63, 3.8) is 0 Å². The molecule has 0 bridgehead atoms. The van der Waals surface area contributed by atoms with E-state index in [4.69, 9.17) is 16.3 Å². The largest absolute Gasteiger partial charge is 0.469 e. The van der Waals surface area contributed by atoms with E-state index in [2.05, 4.69) is 12.2 Å². The van der Waals surface area contributed by atoms with Crippen molar-refractivity contribution in [2.75, 3.05) is 13.7 Å². The molecule has 3 unspecified atom stereocenters. The highest BCUT2D eigenvalue weighted by Crippen LogP contribution is 2.54. The molecule has 2 aliphatic rings. The number of aliphatic hydroxyl groups is 1. The topological polar surface area (TPSA) is 58.6 Å². The standard InChI is InChI=1S/C17H24ClNO3S/c1-10-7-12(15-11(3-6-20)9-14(18)23-15)8-13(19-10)17(4-5-17)16(21)22-2/h9-10,12-13,19-20H,3-8H2,1-2H3. The third-order valence-corrected chi connectivity index (χ3v) is 6.72. The Kier molecular flexibility index (Phi) is 5.02. The van der Waals surface area contributed by atoms with E-state index in [1.165, 1.54) is 12.0 Å². The molecule has 1 saturated carbocycles. The number of halogens is 1. The van der Waals surface area contributed by atoms with Crippen LogP contribution < -0.4 is 5.32 Å². The van der Waals surface area contributed by atoms with Gasteiger partial charge in [-0.2, -0.15) is 0 Å². The molecule has 23 heavy (non-hydrogen) atoms. The molecule has 1 aliphatic heterocycles. The maximum atomic E-state index is 12.2. The average molecular weight is 358 g/mol. The lowest BCUT2D eigenvalue weighted by molar-refractivity contribution is -0.148. The molecule has 1 aliphatic carbocycles. The van der Waals surface area contributed by atoms with Crippen LogP contribution in [-0.2, 0) is 16.0 Å². The summed E-state index contributed by atoms with van der Waals surface area (Å²) in [6.45, 7) is 2.31. The summed E-state index contributed by atoms with van der Waals surface area (Å²) in [5.74, 6) is 0.306. The number of ether oxygens (including phenoxy) is 1. The van der Waals surface area contributed by atoms with Crippen molar-refractivity contribution in [1.29, 1.82) is 0 Å². The van der Waals surface area contributed by atoms with Gasteiger partial charge < -0.3 is 15.2 Å². The molecule has 0 spiro atoms. The molecule has 0 radical (unpaired) electrons. The van der Waals surface area contributed by atoms with Gasteiger partial charge >= 0.3 is 5.97 Å². The van der Waals surface area contributed by atoms with E-state index in [0.29, 0.717) is 18.4 Å². The first-order valence-corrected chi connectivity index (χ1v) is 9.43. The average Bonchev–Trinajstić information content (AvgIpc) is 3.25. The van der Waals surface area contributed by atoms with Crippen molar-refractivity contribution >= 4 is 28.9 Å². The number of aliphatic hydroxyl groups excluding tert-OH is 1. The van der Waals surface area contributed by atoms with Crippen molar-refractivity contribution in [2.45, 2.75) is 57.0 Å². The number of methoxy groups -OCH3 is 1. The molecule has 1 aromatic heterocycles. The van der Waals surface area contributed by atoms with Crippen molar-refractivity contribution in [1.82, 2.24) is 5.32 Å². The van der Waals surface area contributed by atoms with Crippen LogP contribution in [0.5, 0.6) is 0 Å². The zero-order chi connectivity index (χ0) is 16.6. The van der Waals surface area contributed by atoms with Gasteiger partial charge in [-0.3, -0.25) is 4.79 Å². The highest BCUT2D eigenvalue weighted by molar-refractivity contribution is 7.16. The fourth-order valence-electron chi connectivity index (χ4n) is 3.99. The minimum atomic E-state index is -0.333.